The highest BCUT2D eigenvalue weighted by atomic mass is 16.5. The molecule has 16 heavy (non-hydrogen) atoms. The number of hydrogen-bond donors (Lipinski definition) is 2. The summed E-state index contributed by atoms with van der Waals surface area (Å²) in [5.41, 5.74) is -0.0336. The summed E-state index contributed by atoms with van der Waals surface area (Å²) in [5, 5.41) is 12.8. The number of likely N-dealkylation sites (N-methyl/N-ethyl adjacent to an activating group) is 1. The number of ether oxygens (including phenoxy) is 1. The van der Waals surface area contributed by atoms with Gasteiger partial charge >= 0.3 is 0 Å². The molecule has 0 bridgehead atoms. The van der Waals surface area contributed by atoms with E-state index in [1.807, 2.05) is 7.05 Å². The van der Waals surface area contributed by atoms with Crippen LogP contribution >= 0.6 is 0 Å². The third-order valence-electron chi connectivity index (χ3n) is 3.99. The van der Waals surface area contributed by atoms with Crippen molar-refractivity contribution in [1.29, 1.82) is 0 Å². The molecule has 96 valence electrons. The van der Waals surface area contributed by atoms with Crippen LogP contribution in [0.5, 0.6) is 0 Å². The third kappa shape index (κ3) is 3.44. The molecule has 0 aliphatic heterocycles. The molecule has 0 spiro atoms. The fraction of sp³-hybridized carbons (Fsp3) is 1.00. The van der Waals surface area contributed by atoms with Gasteiger partial charge in [0.05, 0.1) is 6.61 Å². The minimum Gasteiger partial charge on any atom is -0.394 e. The molecule has 1 aliphatic carbocycles. The zero-order valence-electron chi connectivity index (χ0n) is 10.8. The number of nitrogens with one attached hydrogen (secondary N) is 1. The van der Waals surface area contributed by atoms with Crippen molar-refractivity contribution in [3.05, 3.63) is 0 Å². The molecule has 2 N–H and O–H groups in total. The standard InChI is InChI=1S/C13H27NO2/c1-3-4-9-16-10-7-12-6-5-8-13(12,11-15)14-2/h12,14-15H,3-11H2,1-2H3. The minimum absolute atomic E-state index is 0.0336. The van der Waals surface area contributed by atoms with Crippen LogP contribution in [0.15, 0.2) is 0 Å². The normalized spacial score (nSPS) is 29.8. The third-order valence-corrected chi connectivity index (χ3v) is 3.99. The molecule has 0 saturated heterocycles. The summed E-state index contributed by atoms with van der Waals surface area (Å²) in [7, 11) is 1.96. The Hall–Kier alpha value is -0.120. The smallest absolute Gasteiger partial charge is 0.0615 e. The van der Waals surface area contributed by atoms with Gasteiger partial charge in [-0.25, -0.2) is 0 Å². The van der Waals surface area contributed by atoms with E-state index in [4.69, 9.17) is 4.74 Å². The first-order valence-corrected chi connectivity index (χ1v) is 6.66. The maximum Gasteiger partial charge on any atom is 0.0615 e. The summed E-state index contributed by atoms with van der Waals surface area (Å²) in [6, 6.07) is 0. The molecule has 3 nitrogen and oxygen atoms in total. The molecule has 2 atom stereocenters. The Balaban J connectivity index is 2.24. The van der Waals surface area contributed by atoms with Crippen molar-refractivity contribution in [3.63, 3.8) is 0 Å². The van der Waals surface area contributed by atoms with E-state index in [0.29, 0.717) is 5.92 Å². The van der Waals surface area contributed by atoms with Crippen LogP contribution in [0.4, 0.5) is 0 Å². The van der Waals surface area contributed by atoms with Crippen LogP contribution in [0.25, 0.3) is 0 Å². The SMILES string of the molecule is CCCCOCCC1CCCC1(CO)NC. The maximum absolute atomic E-state index is 9.52. The molecule has 0 radical (unpaired) electrons. The molecule has 0 heterocycles. The molecule has 0 aromatic carbocycles. The van der Waals surface area contributed by atoms with E-state index in [9.17, 15) is 5.11 Å². The summed E-state index contributed by atoms with van der Waals surface area (Å²) in [4.78, 5) is 0. The first kappa shape index (κ1) is 13.9. The number of aliphatic hydroxyl groups is 1. The summed E-state index contributed by atoms with van der Waals surface area (Å²) in [6.07, 6.45) is 6.96. The van der Waals surface area contributed by atoms with Crippen LogP contribution < -0.4 is 5.32 Å². The van der Waals surface area contributed by atoms with Crippen LogP contribution in [0.3, 0.4) is 0 Å². The van der Waals surface area contributed by atoms with Gasteiger partial charge in [0.15, 0.2) is 0 Å². The van der Waals surface area contributed by atoms with E-state index in [0.717, 1.165) is 32.5 Å². The average molecular weight is 229 g/mol. The first-order chi connectivity index (χ1) is 7.79. The lowest BCUT2D eigenvalue weighted by atomic mass is 9.86. The molecule has 1 rings (SSSR count). The van der Waals surface area contributed by atoms with Gasteiger partial charge in [-0.3, -0.25) is 0 Å². The summed E-state index contributed by atoms with van der Waals surface area (Å²) in [5.74, 6) is 0.573. The molecule has 0 aromatic rings. The summed E-state index contributed by atoms with van der Waals surface area (Å²) in [6.45, 7) is 4.16. The van der Waals surface area contributed by atoms with Crippen LogP contribution in [0.1, 0.15) is 45.4 Å². The van der Waals surface area contributed by atoms with Gasteiger partial charge in [-0.15, -0.1) is 0 Å². The van der Waals surface area contributed by atoms with Crippen molar-refractivity contribution in [2.24, 2.45) is 5.92 Å². The number of hydrogen-bond acceptors (Lipinski definition) is 3. The van der Waals surface area contributed by atoms with Crippen molar-refractivity contribution in [1.82, 2.24) is 5.32 Å². The highest BCUT2D eigenvalue weighted by Crippen LogP contribution is 2.37. The van der Waals surface area contributed by atoms with E-state index < -0.39 is 0 Å². The fourth-order valence-electron chi connectivity index (χ4n) is 2.76. The van der Waals surface area contributed by atoms with Crippen molar-refractivity contribution in [2.45, 2.75) is 51.0 Å². The van der Waals surface area contributed by atoms with Gasteiger partial charge in [0, 0.05) is 18.8 Å². The lowest BCUT2D eigenvalue weighted by molar-refractivity contribution is 0.0814. The second kappa shape index (κ2) is 7.25. The monoisotopic (exact) mass is 229 g/mol. The Kier molecular flexibility index (Phi) is 6.32. The predicted octanol–water partition coefficient (Wildman–Crippen LogP) is 1.94. The lowest BCUT2D eigenvalue weighted by Gasteiger charge is -2.33. The van der Waals surface area contributed by atoms with E-state index in [2.05, 4.69) is 12.2 Å². The van der Waals surface area contributed by atoms with Crippen molar-refractivity contribution in [2.75, 3.05) is 26.9 Å². The summed E-state index contributed by atoms with van der Waals surface area (Å²) >= 11 is 0. The van der Waals surface area contributed by atoms with E-state index in [1.165, 1.54) is 19.3 Å². The zero-order chi connectivity index (χ0) is 11.9. The molecule has 0 aromatic heterocycles. The Morgan fingerprint density at radius 1 is 1.44 bits per heavy atom. The lowest BCUT2D eigenvalue weighted by Crippen LogP contribution is -2.49. The molecule has 3 heteroatoms. The number of aliphatic hydroxyl groups excluding tert-OH is 1. The molecular weight excluding hydrogens is 202 g/mol. The molecule has 0 amide bonds. The molecule has 2 unspecified atom stereocenters. The van der Waals surface area contributed by atoms with Gasteiger partial charge in [0.25, 0.3) is 0 Å². The van der Waals surface area contributed by atoms with Gasteiger partial charge < -0.3 is 15.2 Å². The Morgan fingerprint density at radius 2 is 2.25 bits per heavy atom. The molecule has 1 aliphatic rings. The molecule has 1 saturated carbocycles. The Labute approximate surface area is 99.6 Å². The number of rotatable bonds is 8. The highest BCUT2D eigenvalue weighted by Gasteiger charge is 2.40. The van der Waals surface area contributed by atoms with E-state index in [1.54, 1.807) is 0 Å². The maximum atomic E-state index is 9.52. The largest absolute Gasteiger partial charge is 0.394 e. The fourth-order valence-corrected chi connectivity index (χ4v) is 2.76. The second-order valence-electron chi connectivity index (χ2n) is 4.91. The van der Waals surface area contributed by atoms with Gasteiger partial charge in [-0.2, -0.15) is 0 Å². The predicted molar refractivity (Wildman–Crippen MR) is 66.6 cm³/mol. The van der Waals surface area contributed by atoms with E-state index >= 15 is 0 Å². The van der Waals surface area contributed by atoms with Crippen LogP contribution in [-0.2, 0) is 4.74 Å². The average Bonchev–Trinajstić information content (AvgIpc) is 2.72. The Morgan fingerprint density at radius 3 is 2.88 bits per heavy atom. The summed E-state index contributed by atoms with van der Waals surface area (Å²) < 4.78 is 5.61. The number of unbranched alkanes of at least 4 members (excludes halogenated alkanes) is 1. The molecule has 1 fully saturated rings. The van der Waals surface area contributed by atoms with Gasteiger partial charge in [-0.1, -0.05) is 19.8 Å². The molecular formula is C13H27NO2. The van der Waals surface area contributed by atoms with Crippen molar-refractivity contribution in [3.8, 4) is 0 Å². The quantitative estimate of drug-likeness (QED) is 0.625. The van der Waals surface area contributed by atoms with Crippen LogP contribution in [0.2, 0.25) is 0 Å². The van der Waals surface area contributed by atoms with Crippen molar-refractivity contribution >= 4 is 0 Å². The first-order valence-electron chi connectivity index (χ1n) is 6.66. The van der Waals surface area contributed by atoms with Crippen LogP contribution in [0, 0.1) is 5.92 Å². The van der Waals surface area contributed by atoms with Crippen LogP contribution in [-0.4, -0.2) is 37.5 Å². The zero-order valence-corrected chi connectivity index (χ0v) is 10.8. The topological polar surface area (TPSA) is 41.5 Å². The second-order valence-corrected chi connectivity index (χ2v) is 4.91. The van der Waals surface area contributed by atoms with E-state index in [-0.39, 0.29) is 12.1 Å². The highest BCUT2D eigenvalue weighted by molar-refractivity contribution is 4.97. The van der Waals surface area contributed by atoms with Gasteiger partial charge in [-0.05, 0) is 38.6 Å². The van der Waals surface area contributed by atoms with Gasteiger partial charge in [0.1, 0.15) is 0 Å². The minimum atomic E-state index is -0.0336. The van der Waals surface area contributed by atoms with Crippen molar-refractivity contribution < 1.29 is 9.84 Å². The Bertz CT molecular complexity index is 181. The van der Waals surface area contributed by atoms with Gasteiger partial charge in [0.2, 0.25) is 0 Å².